The van der Waals surface area contributed by atoms with E-state index in [-0.39, 0.29) is 10.6 Å². The molecule has 0 saturated heterocycles. The Balaban J connectivity index is 2.04. The first-order valence-electron chi connectivity index (χ1n) is 8.15. The van der Waals surface area contributed by atoms with Crippen LogP contribution < -0.4 is 0 Å². The van der Waals surface area contributed by atoms with Crippen LogP contribution in [0.3, 0.4) is 0 Å². The molecule has 3 nitrogen and oxygen atoms in total. The number of nitro groups is 1. The molecular weight excluding hydrogens is 310 g/mol. The minimum atomic E-state index is -0.272. The van der Waals surface area contributed by atoms with E-state index in [1.54, 1.807) is 6.07 Å². The normalized spacial score (nSPS) is 11.5. The fraction of sp³-hybridized carbons (Fsp3) is 0. The van der Waals surface area contributed by atoms with Crippen molar-refractivity contribution >= 4 is 16.5 Å². The Bertz CT molecular complexity index is 1160. The van der Waals surface area contributed by atoms with Gasteiger partial charge in [0.1, 0.15) is 0 Å². The second-order valence-corrected chi connectivity index (χ2v) is 6.22. The molecule has 5 rings (SSSR count). The van der Waals surface area contributed by atoms with E-state index in [0.717, 1.165) is 38.6 Å². The Kier molecular flexibility index (Phi) is 2.80. The van der Waals surface area contributed by atoms with Crippen LogP contribution in [0.25, 0.3) is 44.2 Å². The first-order chi connectivity index (χ1) is 12.3. The average Bonchev–Trinajstić information content (AvgIpc) is 2.99. The summed E-state index contributed by atoms with van der Waals surface area (Å²) < 4.78 is 0. The van der Waals surface area contributed by atoms with Gasteiger partial charge in [-0.05, 0) is 33.0 Å². The lowest BCUT2D eigenvalue weighted by atomic mass is 9.91. The quantitative estimate of drug-likeness (QED) is 0.292. The van der Waals surface area contributed by atoms with Gasteiger partial charge in [0.25, 0.3) is 5.69 Å². The number of nitro benzene ring substituents is 1. The third-order valence-electron chi connectivity index (χ3n) is 4.89. The third-order valence-corrected chi connectivity index (χ3v) is 4.89. The number of rotatable bonds is 2. The van der Waals surface area contributed by atoms with Crippen LogP contribution in [0.2, 0.25) is 0 Å². The Morgan fingerprint density at radius 3 is 2.12 bits per heavy atom. The topological polar surface area (TPSA) is 43.1 Å². The lowest BCUT2D eigenvalue weighted by molar-refractivity contribution is -0.384. The maximum Gasteiger partial charge on any atom is 0.278 e. The highest BCUT2D eigenvalue weighted by Gasteiger charge is 2.30. The van der Waals surface area contributed by atoms with Crippen molar-refractivity contribution in [2.24, 2.45) is 0 Å². The van der Waals surface area contributed by atoms with Gasteiger partial charge in [0.15, 0.2) is 0 Å². The van der Waals surface area contributed by atoms with E-state index in [2.05, 4.69) is 18.2 Å². The van der Waals surface area contributed by atoms with Crippen LogP contribution in [0.5, 0.6) is 0 Å². The summed E-state index contributed by atoms with van der Waals surface area (Å²) in [5.74, 6) is 0. The number of benzene rings is 4. The van der Waals surface area contributed by atoms with Gasteiger partial charge >= 0.3 is 0 Å². The molecule has 1 aliphatic rings. The van der Waals surface area contributed by atoms with Gasteiger partial charge in [0.2, 0.25) is 0 Å². The van der Waals surface area contributed by atoms with Crippen LogP contribution in [0, 0.1) is 10.1 Å². The standard InChI is InChI=1S/C22H13NO2/c24-23(25)19-13-15-9-6-12-17-16-10-4-5-11-18(16)22(20(15)17)21(19)14-7-2-1-3-8-14/h1-13H. The second kappa shape index (κ2) is 5.02. The van der Waals surface area contributed by atoms with Crippen LogP contribution >= 0.6 is 0 Å². The molecule has 1 aliphatic carbocycles. The highest BCUT2D eigenvalue weighted by atomic mass is 16.6. The predicted octanol–water partition coefficient (Wildman–Crippen LogP) is 6.06. The Morgan fingerprint density at radius 1 is 0.680 bits per heavy atom. The van der Waals surface area contributed by atoms with Crippen molar-refractivity contribution in [3.8, 4) is 33.4 Å². The van der Waals surface area contributed by atoms with E-state index < -0.39 is 0 Å². The maximum absolute atomic E-state index is 11.8. The first kappa shape index (κ1) is 13.9. The Labute approximate surface area is 144 Å². The van der Waals surface area contributed by atoms with E-state index in [4.69, 9.17) is 0 Å². The average molecular weight is 323 g/mol. The van der Waals surface area contributed by atoms with Crippen LogP contribution in [0.1, 0.15) is 0 Å². The number of hydrogen-bond acceptors (Lipinski definition) is 2. The molecule has 0 unspecified atom stereocenters. The summed E-state index contributed by atoms with van der Waals surface area (Å²) in [6, 6.07) is 25.5. The van der Waals surface area contributed by atoms with E-state index >= 15 is 0 Å². The molecule has 0 amide bonds. The van der Waals surface area contributed by atoms with Gasteiger partial charge in [-0.1, -0.05) is 72.8 Å². The summed E-state index contributed by atoms with van der Waals surface area (Å²) in [4.78, 5) is 11.6. The Morgan fingerprint density at radius 2 is 1.36 bits per heavy atom. The van der Waals surface area contributed by atoms with E-state index in [1.807, 2.05) is 54.6 Å². The summed E-state index contributed by atoms with van der Waals surface area (Å²) >= 11 is 0. The molecular formula is C22H13NO2. The fourth-order valence-corrected chi connectivity index (χ4v) is 3.91. The lowest BCUT2D eigenvalue weighted by Crippen LogP contribution is -1.95. The van der Waals surface area contributed by atoms with Crippen molar-refractivity contribution in [1.29, 1.82) is 0 Å². The van der Waals surface area contributed by atoms with Crippen molar-refractivity contribution in [2.45, 2.75) is 0 Å². The monoisotopic (exact) mass is 323 g/mol. The molecule has 4 aromatic rings. The van der Waals surface area contributed by atoms with Crippen molar-refractivity contribution in [1.82, 2.24) is 0 Å². The molecule has 0 N–H and O–H groups in total. The summed E-state index contributed by atoms with van der Waals surface area (Å²) in [7, 11) is 0. The minimum Gasteiger partial charge on any atom is -0.258 e. The SMILES string of the molecule is O=[N+]([O-])c1cc2cccc3c2c(c1-c1ccccc1)-c1ccccc1-3. The smallest absolute Gasteiger partial charge is 0.258 e. The summed E-state index contributed by atoms with van der Waals surface area (Å²) in [6.45, 7) is 0. The molecule has 118 valence electrons. The van der Waals surface area contributed by atoms with Crippen molar-refractivity contribution < 1.29 is 4.92 Å². The van der Waals surface area contributed by atoms with Gasteiger partial charge in [-0.2, -0.15) is 0 Å². The predicted molar refractivity (Wildman–Crippen MR) is 100 cm³/mol. The zero-order chi connectivity index (χ0) is 17.0. The van der Waals surface area contributed by atoms with Crippen molar-refractivity contribution in [2.75, 3.05) is 0 Å². The second-order valence-electron chi connectivity index (χ2n) is 6.22. The third kappa shape index (κ3) is 1.86. The molecule has 4 aromatic carbocycles. The van der Waals surface area contributed by atoms with Crippen LogP contribution in [0.4, 0.5) is 5.69 Å². The van der Waals surface area contributed by atoms with Crippen LogP contribution in [-0.4, -0.2) is 4.92 Å². The van der Waals surface area contributed by atoms with Crippen LogP contribution in [-0.2, 0) is 0 Å². The van der Waals surface area contributed by atoms with E-state index in [1.165, 1.54) is 0 Å². The highest BCUT2D eigenvalue weighted by molar-refractivity contribution is 6.20. The van der Waals surface area contributed by atoms with Gasteiger partial charge in [-0.3, -0.25) is 10.1 Å². The molecule has 0 bridgehead atoms. The maximum atomic E-state index is 11.8. The molecule has 25 heavy (non-hydrogen) atoms. The van der Waals surface area contributed by atoms with E-state index in [9.17, 15) is 10.1 Å². The minimum absolute atomic E-state index is 0.155. The summed E-state index contributed by atoms with van der Waals surface area (Å²) in [5.41, 5.74) is 6.06. The molecule has 0 aromatic heterocycles. The molecule has 0 atom stereocenters. The first-order valence-corrected chi connectivity index (χ1v) is 8.15. The van der Waals surface area contributed by atoms with Gasteiger partial charge in [0, 0.05) is 11.6 Å². The summed E-state index contributed by atoms with van der Waals surface area (Å²) in [6.07, 6.45) is 0. The van der Waals surface area contributed by atoms with Crippen molar-refractivity contribution in [3.63, 3.8) is 0 Å². The zero-order valence-corrected chi connectivity index (χ0v) is 13.3. The molecule has 3 heteroatoms. The zero-order valence-electron chi connectivity index (χ0n) is 13.3. The van der Waals surface area contributed by atoms with Crippen LogP contribution in [0.15, 0.2) is 78.9 Å². The molecule has 0 fully saturated rings. The largest absolute Gasteiger partial charge is 0.278 e. The number of hydrogen-bond donors (Lipinski definition) is 0. The Hall–Kier alpha value is -3.46. The molecule has 0 saturated carbocycles. The molecule has 0 radical (unpaired) electrons. The molecule has 0 spiro atoms. The molecule has 0 heterocycles. The number of fused-ring (bicyclic) bond motifs is 3. The fourth-order valence-electron chi connectivity index (χ4n) is 3.91. The van der Waals surface area contributed by atoms with Gasteiger partial charge in [0.05, 0.1) is 10.5 Å². The molecule has 0 aliphatic heterocycles. The lowest BCUT2D eigenvalue weighted by Gasteiger charge is -2.11. The van der Waals surface area contributed by atoms with Gasteiger partial charge < -0.3 is 0 Å². The highest BCUT2D eigenvalue weighted by Crippen LogP contribution is 2.53. The van der Waals surface area contributed by atoms with Gasteiger partial charge in [-0.25, -0.2) is 0 Å². The van der Waals surface area contributed by atoms with Crippen molar-refractivity contribution in [3.05, 3.63) is 89.0 Å². The number of nitrogens with zero attached hydrogens (tertiary/aromatic N) is 1. The summed E-state index contributed by atoms with van der Waals surface area (Å²) in [5, 5.41) is 13.9. The van der Waals surface area contributed by atoms with E-state index in [0.29, 0.717) is 5.56 Å². The van der Waals surface area contributed by atoms with Gasteiger partial charge in [-0.15, -0.1) is 0 Å².